The average molecular weight is 157 g/mol. The van der Waals surface area contributed by atoms with Crippen LogP contribution in [-0.4, -0.2) is 6.61 Å². The van der Waals surface area contributed by atoms with Gasteiger partial charge in [0.25, 0.3) is 0 Å². The summed E-state index contributed by atoms with van der Waals surface area (Å²) in [6.07, 6.45) is 2.01. The van der Waals surface area contributed by atoms with E-state index >= 15 is 0 Å². The molecule has 0 aliphatic carbocycles. The van der Waals surface area contributed by atoms with Gasteiger partial charge in [0.05, 0.1) is 5.36 Å². The molecule has 0 aromatic heterocycles. The number of ether oxygens (including phenoxy) is 1. The third-order valence-corrected chi connectivity index (χ3v) is 2.13. The minimum Gasteiger partial charge on any atom is -0.486 e. The number of fused-ring (bicyclic) bond motifs is 2. The predicted molar refractivity (Wildman–Crippen MR) is 44.7 cm³/mol. The Morgan fingerprint density at radius 3 is 3.17 bits per heavy atom. The minimum atomic E-state index is 0.669. The lowest BCUT2D eigenvalue weighted by atomic mass is 10.2. The van der Waals surface area contributed by atoms with Crippen LogP contribution in [-0.2, 0) is 4.74 Å². The van der Waals surface area contributed by atoms with Gasteiger partial charge in [-0.1, -0.05) is 12.1 Å². The van der Waals surface area contributed by atoms with Crippen molar-refractivity contribution in [3.8, 4) is 0 Å². The molecule has 2 aliphatic rings. The van der Waals surface area contributed by atoms with E-state index in [0.717, 1.165) is 22.0 Å². The Morgan fingerprint density at radius 1 is 1.25 bits per heavy atom. The van der Waals surface area contributed by atoms with Crippen molar-refractivity contribution >= 4 is 5.76 Å². The molecular weight excluding hydrogens is 150 g/mol. The first kappa shape index (κ1) is 6.00. The monoisotopic (exact) mass is 157 g/mol. The fraction of sp³-hybridized carbons (Fsp3) is 0.100. The summed E-state index contributed by atoms with van der Waals surface area (Å²) in [5, 5.41) is 2.15. The van der Waals surface area contributed by atoms with Gasteiger partial charge >= 0.3 is 0 Å². The smallest absolute Gasteiger partial charge is 0.154 e. The molecule has 2 aliphatic heterocycles. The van der Waals surface area contributed by atoms with E-state index in [1.807, 2.05) is 30.3 Å². The number of nitrogens with zero attached hydrogens (tertiary/aromatic N) is 1. The number of hydrogen-bond donors (Lipinski definition) is 0. The van der Waals surface area contributed by atoms with Crippen LogP contribution in [0.2, 0.25) is 0 Å². The molecule has 0 spiro atoms. The van der Waals surface area contributed by atoms with Gasteiger partial charge in [-0.05, 0) is 18.2 Å². The summed E-state index contributed by atoms with van der Waals surface area (Å²) in [5.41, 5.74) is 0.996. The average Bonchev–Trinajstić information content (AvgIpc) is 2.62. The molecule has 1 aromatic rings. The highest BCUT2D eigenvalue weighted by molar-refractivity contribution is 5.62. The summed E-state index contributed by atoms with van der Waals surface area (Å²) < 4.78 is 5.43. The first-order chi connectivity index (χ1) is 5.95. The summed E-state index contributed by atoms with van der Waals surface area (Å²) >= 11 is 0. The van der Waals surface area contributed by atoms with Crippen LogP contribution < -0.4 is 10.6 Å². The molecule has 1 aromatic carbocycles. The second-order valence-corrected chi connectivity index (χ2v) is 2.86. The second kappa shape index (κ2) is 1.97. The largest absolute Gasteiger partial charge is 0.486 e. The molecule has 0 saturated carbocycles. The summed E-state index contributed by atoms with van der Waals surface area (Å²) in [4.78, 5) is 4.41. The van der Waals surface area contributed by atoms with E-state index in [2.05, 4.69) is 4.99 Å². The van der Waals surface area contributed by atoms with Gasteiger partial charge in [-0.3, -0.25) is 0 Å². The van der Waals surface area contributed by atoms with Gasteiger partial charge in [-0.2, -0.15) is 0 Å². The van der Waals surface area contributed by atoms with Gasteiger partial charge in [0.2, 0.25) is 0 Å². The lowest BCUT2D eigenvalue weighted by Crippen LogP contribution is -2.22. The van der Waals surface area contributed by atoms with Gasteiger partial charge in [0.15, 0.2) is 5.76 Å². The van der Waals surface area contributed by atoms with Gasteiger partial charge in [-0.15, -0.1) is 0 Å². The number of rotatable bonds is 0. The SMILES string of the molecule is C1=C2N=c3ccccc3=C2OC1. The van der Waals surface area contributed by atoms with Crippen LogP contribution in [0, 0.1) is 0 Å². The Balaban J connectivity index is 2.52. The van der Waals surface area contributed by atoms with E-state index < -0.39 is 0 Å². The van der Waals surface area contributed by atoms with Crippen LogP contribution in [0.25, 0.3) is 5.76 Å². The summed E-state index contributed by atoms with van der Waals surface area (Å²) in [6, 6.07) is 8.04. The predicted octanol–water partition coefficient (Wildman–Crippen LogP) is 0.342. The number of hydrogen-bond acceptors (Lipinski definition) is 2. The Kier molecular flexibility index (Phi) is 0.987. The normalized spacial score (nSPS) is 17.7. The maximum absolute atomic E-state index is 5.43. The first-order valence-electron chi connectivity index (χ1n) is 3.96. The van der Waals surface area contributed by atoms with Crippen LogP contribution in [0.4, 0.5) is 0 Å². The molecule has 2 heterocycles. The van der Waals surface area contributed by atoms with Crippen molar-refractivity contribution in [3.63, 3.8) is 0 Å². The number of para-hydroxylation sites is 1. The van der Waals surface area contributed by atoms with E-state index in [4.69, 9.17) is 4.74 Å². The maximum atomic E-state index is 5.43. The third kappa shape index (κ3) is 0.619. The van der Waals surface area contributed by atoms with E-state index in [1.165, 1.54) is 0 Å². The molecular formula is C10H7NO. The molecule has 2 heteroatoms. The summed E-state index contributed by atoms with van der Waals surface area (Å²) in [7, 11) is 0. The van der Waals surface area contributed by atoms with Crippen molar-refractivity contribution in [2.45, 2.75) is 0 Å². The lowest BCUT2D eigenvalue weighted by Gasteiger charge is -1.94. The van der Waals surface area contributed by atoms with Crippen LogP contribution >= 0.6 is 0 Å². The second-order valence-electron chi connectivity index (χ2n) is 2.86. The molecule has 0 fully saturated rings. The zero-order valence-electron chi connectivity index (χ0n) is 6.45. The maximum Gasteiger partial charge on any atom is 0.154 e. The molecule has 0 saturated heterocycles. The van der Waals surface area contributed by atoms with Crippen molar-refractivity contribution < 1.29 is 4.74 Å². The topological polar surface area (TPSA) is 21.6 Å². The molecule has 0 bridgehead atoms. The quantitative estimate of drug-likeness (QED) is 0.532. The van der Waals surface area contributed by atoms with Crippen molar-refractivity contribution in [1.82, 2.24) is 0 Å². The summed E-state index contributed by atoms with van der Waals surface area (Å²) in [6.45, 7) is 0.669. The van der Waals surface area contributed by atoms with E-state index in [-0.39, 0.29) is 0 Å². The first-order valence-corrected chi connectivity index (χ1v) is 3.96. The molecule has 12 heavy (non-hydrogen) atoms. The summed E-state index contributed by atoms with van der Waals surface area (Å²) in [5.74, 6) is 0.950. The highest BCUT2D eigenvalue weighted by Gasteiger charge is 2.17. The highest BCUT2D eigenvalue weighted by Crippen LogP contribution is 2.20. The van der Waals surface area contributed by atoms with Gasteiger partial charge in [0.1, 0.15) is 12.3 Å². The van der Waals surface area contributed by atoms with Crippen molar-refractivity contribution in [3.05, 3.63) is 46.6 Å². The van der Waals surface area contributed by atoms with E-state index in [9.17, 15) is 0 Å². The zero-order chi connectivity index (χ0) is 7.97. The van der Waals surface area contributed by atoms with Gasteiger partial charge in [-0.25, -0.2) is 4.99 Å². The molecule has 3 rings (SSSR count). The molecule has 0 atom stereocenters. The van der Waals surface area contributed by atoms with Crippen molar-refractivity contribution in [2.75, 3.05) is 6.61 Å². The molecule has 0 amide bonds. The van der Waals surface area contributed by atoms with Crippen molar-refractivity contribution in [2.24, 2.45) is 4.99 Å². The molecule has 0 radical (unpaired) electrons. The van der Waals surface area contributed by atoms with E-state index in [1.54, 1.807) is 0 Å². The Hall–Kier alpha value is -1.57. The number of benzene rings is 1. The minimum absolute atomic E-state index is 0.669. The zero-order valence-corrected chi connectivity index (χ0v) is 6.45. The Labute approximate surface area is 69.5 Å². The van der Waals surface area contributed by atoms with Crippen LogP contribution in [0.1, 0.15) is 0 Å². The van der Waals surface area contributed by atoms with Gasteiger partial charge in [0, 0.05) is 5.22 Å². The lowest BCUT2D eigenvalue weighted by molar-refractivity contribution is 0.334. The Morgan fingerprint density at radius 2 is 2.17 bits per heavy atom. The van der Waals surface area contributed by atoms with E-state index in [0.29, 0.717) is 6.61 Å². The molecule has 58 valence electrons. The van der Waals surface area contributed by atoms with Crippen LogP contribution in [0.5, 0.6) is 0 Å². The fourth-order valence-corrected chi connectivity index (χ4v) is 1.58. The van der Waals surface area contributed by atoms with Crippen LogP contribution in [0.3, 0.4) is 0 Å². The third-order valence-electron chi connectivity index (χ3n) is 2.13. The molecule has 2 nitrogen and oxygen atoms in total. The van der Waals surface area contributed by atoms with Crippen molar-refractivity contribution in [1.29, 1.82) is 0 Å². The standard InChI is InChI=1S/C10H7NO/c1-2-4-8-7(3-1)10-9(11-8)5-6-12-10/h1-5H,6H2. The fourth-order valence-electron chi connectivity index (χ4n) is 1.58. The Bertz CT molecular complexity index is 485. The molecule has 0 unspecified atom stereocenters. The molecule has 0 N–H and O–H groups in total. The highest BCUT2D eigenvalue weighted by atomic mass is 16.5. The van der Waals surface area contributed by atoms with Gasteiger partial charge < -0.3 is 4.74 Å². The van der Waals surface area contributed by atoms with Crippen LogP contribution in [0.15, 0.2) is 41.0 Å².